The van der Waals surface area contributed by atoms with Crippen molar-refractivity contribution in [2.24, 2.45) is 5.92 Å². The molecule has 0 saturated heterocycles. The van der Waals surface area contributed by atoms with E-state index in [1.165, 1.54) is 0 Å². The summed E-state index contributed by atoms with van der Waals surface area (Å²) in [6, 6.07) is 7.53. The van der Waals surface area contributed by atoms with E-state index in [1.807, 2.05) is 45.0 Å². The smallest absolute Gasteiger partial charge is 0.165 e. The number of fused-ring (bicyclic) bond motifs is 1. The summed E-state index contributed by atoms with van der Waals surface area (Å²) in [6.45, 7) is 5.73. The quantitative estimate of drug-likeness (QED) is 0.697. The second-order valence-corrected chi connectivity index (χ2v) is 4.13. The number of aryl methyl sites for hydroxylation is 1. The van der Waals surface area contributed by atoms with Crippen LogP contribution in [0.15, 0.2) is 28.7 Å². The summed E-state index contributed by atoms with van der Waals surface area (Å²) in [7, 11) is 0. The van der Waals surface area contributed by atoms with Crippen molar-refractivity contribution in [1.82, 2.24) is 0 Å². The van der Waals surface area contributed by atoms with Gasteiger partial charge in [-0.25, -0.2) is 0 Å². The van der Waals surface area contributed by atoms with Gasteiger partial charge < -0.3 is 4.42 Å². The molecule has 0 aliphatic carbocycles. The maximum atomic E-state index is 11.8. The van der Waals surface area contributed by atoms with E-state index in [0.717, 1.165) is 22.3 Å². The normalized spacial score (nSPS) is 11.2. The number of rotatable bonds is 2. The minimum absolute atomic E-state index is 0.0375. The van der Waals surface area contributed by atoms with E-state index >= 15 is 0 Å². The van der Waals surface area contributed by atoms with Crippen LogP contribution in [0.2, 0.25) is 0 Å². The molecular formula is C13H14O2. The Kier molecular flexibility index (Phi) is 2.35. The summed E-state index contributed by atoms with van der Waals surface area (Å²) in [5.74, 6) is 1.09. The fourth-order valence-electron chi connectivity index (χ4n) is 1.66. The zero-order chi connectivity index (χ0) is 11.0. The molecule has 0 aliphatic heterocycles. The molecule has 0 aliphatic rings. The number of carbonyl (C=O) groups is 1. The fourth-order valence-corrected chi connectivity index (χ4v) is 1.66. The molecular weight excluding hydrogens is 188 g/mol. The van der Waals surface area contributed by atoms with Crippen molar-refractivity contribution in [3.05, 3.63) is 35.6 Å². The first-order chi connectivity index (χ1) is 7.08. The lowest BCUT2D eigenvalue weighted by Gasteiger charge is -2.03. The number of hydrogen-bond acceptors (Lipinski definition) is 2. The molecule has 15 heavy (non-hydrogen) atoms. The average Bonchev–Trinajstić information content (AvgIpc) is 2.55. The van der Waals surface area contributed by atoms with Gasteiger partial charge in [-0.1, -0.05) is 13.8 Å². The van der Waals surface area contributed by atoms with Gasteiger partial charge in [-0.2, -0.15) is 0 Å². The van der Waals surface area contributed by atoms with Crippen molar-refractivity contribution in [2.75, 3.05) is 0 Å². The van der Waals surface area contributed by atoms with Crippen LogP contribution in [-0.2, 0) is 0 Å². The highest BCUT2D eigenvalue weighted by Crippen LogP contribution is 2.21. The van der Waals surface area contributed by atoms with Crippen LogP contribution in [0, 0.1) is 12.8 Å². The molecule has 0 radical (unpaired) electrons. The van der Waals surface area contributed by atoms with E-state index in [9.17, 15) is 4.79 Å². The first-order valence-electron chi connectivity index (χ1n) is 5.12. The highest BCUT2D eigenvalue weighted by molar-refractivity contribution is 6.00. The van der Waals surface area contributed by atoms with Crippen molar-refractivity contribution >= 4 is 16.8 Å². The molecule has 2 aromatic rings. The largest absolute Gasteiger partial charge is 0.461 e. The van der Waals surface area contributed by atoms with Crippen molar-refractivity contribution in [2.45, 2.75) is 20.8 Å². The molecule has 0 saturated carbocycles. The highest BCUT2D eigenvalue weighted by Gasteiger charge is 2.11. The second-order valence-electron chi connectivity index (χ2n) is 4.13. The van der Waals surface area contributed by atoms with Gasteiger partial charge >= 0.3 is 0 Å². The SMILES string of the molecule is Cc1cc2cc(C(=O)C(C)C)ccc2o1. The lowest BCUT2D eigenvalue weighted by atomic mass is 10.0. The lowest BCUT2D eigenvalue weighted by molar-refractivity contribution is 0.0939. The van der Waals surface area contributed by atoms with Gasteiger partial charge in [-0.3, -0.25) is 4.79 Å². The van der Waals surface area contributed by atoms with Crippen LogP contribution in [-0.4, -0.2) is 5.78 Å². The first-order valence-corrected chi connectivity index (χ1v) is 5.12. The minimum atomic E-state index is 0.0375. The Morgan fingerprint density at radius 2 is 2.00 bits per heavy atom. The molecule has 2 rings (SSSR count). The zero-order valence-electron chi connectivity index (χ0n) is 9.20. The van der Waals surface area contributed by atoms with Gasteiger partial charge in [0.15, 0.2) is 5.78 Å². The van der Waals surface area contributed by atoms with Gasteiger partial charge in [0.25, 0.3) is 0 Å². The monoisotopic (exact) mass is 202 g/mol. The van der Waals surface area contributed by atoms with Crippen LogP contribution >= 0.6 is 0 Å². The number of hydrogen-bond donors (Lipinski definition) is 0. The number of carbonyl (C=O) groups excluding carboxylic acids is 1. The maximum Gasteiger partial charge on any atom is 0.165 e. The molecule has 2 heteroatoms. The van der Waals surface area contributed by atoms with Gasteiger partial charge in [-0.05, 0) is 31.2 Å². The number of benzene rings is 1. The van der Waals surface area contributed by atoms with Crippen molar-refractivity contribution in [3.63, 3.8) is 0 Å². The van der Waals surface area contributed by atoms with Gasteiger partial charge in [-0.15, -0.1) is 0 Å². The predicted molar refractivity (Wildman–Crippen MR) is 60.1 cm³/mol. The van der Waals surface area contributed by atoms with Crippen LogP contribution in [0.5, 0.6) is 0 Å². The third-order valence-electron chi connectivity index (χ3n) is 2.45. The topological polar surface area (TPSA) is 30.2 Å². The van der Waals surface area contributed by atoms with E-state index < -0.39 is 0 Å². The molecule has 1 aromatic carbocycles. The Balaban J connectivity index is 2.51. The summed E-state index contributed by atoms with van der Waals surface area (Å²) in [5, 5.41) is 0.999. The Bertz CT molecular complexity index is 506. The van der Waals surface area contributed by atoms with E-state index in [-0.39, 0.29) is 11.7 Å². The molecule has 1 aromatic heterocycles. The number of ketones is 1. The van der Waals surface area contributed by atoms with Crippen molar-refractivity contribution in [3.8, 4) is 0 Å². The average molecular weight is 202 g/mol. The summed E-state index contributed by atoms with van der Waals surface area (Å²) < 4.78 is 5.45. The van der Waals surface area contributed by atoms with E-state index in [2.05, 4.69) is 0 Å². The molecule has 0 N–H and O–H groups in total. The number of furan rings is 1. The standard InChI is InChI=1S/C13H14O2/c1-8(2)13(14)10-4-5-12-11(7-10)6-9(3)15-12/h4-8H,1-3H3. The highest BCUT2D eigenvalue weighted by atomic mass is 16.3. The third kappa shape index (κ3) is 1.80. The summed E-state index contributed by atoms with van der Waals surface area (Å²) in [4.78, 5) is 11.8. The first kappa shape index (κ1) is 9.97. The predicted octanol–water partition coefficient (Wildman–Crippen LogP) is 3.58. The summed E-state index contributed by atoms with van der Waals surface area (Å²) in [5.41, 5.74) is 1.60. The van der Waals surface area contributed by atoms with Crippen LogP contribution < -0.4 is 0 Å². The summed E-state index contributed by atoms with van der Waals surface area (Å²) >= 11 is 0. The molecule has 1 heterocycles. The van der Waals surface area contributed by atoms with Gasteiger partial charge in [0, 0.05) is 16.9 Å². The molecule has 0 atom stereocenters. The zero-order valence-corrected chi connectivity index (χ0v) is 9.20. The van der Waals surface area contributed by atoms with Crippen LogP contribution in [0.25, 0.3) is 11.0 Å². The Hall–Kier alpha value is -1.57. The molecule has 0 unspecified atom stereocenters. The number of Topliss-reactive ketones (excluding diaryl/α,β-unsaturated/α-hetero) is 1. The molecule has 0 amide bonds. The maximum absolute atomic E-state index is 11.8. The Labute approximate surface area is 88.9 Å². The van der Waals surface area contributed by atoms with E-state index in [0.29, 0.717) is 0 Å². The molecule has 0 bridgehead atoms. The van der Waals surface area contributed by atoms with Crippen LogP contribution in [0.1, 0.15) is 30.0 Å². The molecule has 0 fully saturated rings. The third-order valence-corrected chi connectivity index (χ3v) is 2.45. The Morgan fingerprint density at radius 3 is 2.67 bits per heavy atom. The van der Waals surface area contributed by atoms with Crippen molar-refractivity contribution in [1.29, 1.82) is 0 Å². The molecule has 78 valence electrons. The second kappa shape index (κ2) is 3.54. The van der Waals surface area contributed by atoms with Crippen LogP contribution in [0.3, 0.4) is 0 Å². The Morgan fingerprint density at radius 1 is 1.27 bits per heavy atom. The lowest BCUT2D eigenvalue weighted by Crippen LogP contribution is -2.06. The van der Waals surface area contributed by atoms with Crippen LogP contribution in [0.4, 0.5) is 0 Å². The summed E-state index contributed by atoms with van der Waals surface area (Å²) in [6.07, 6.45) is 0. The van der Waals surface area contributed by atoms with Gasteiger partial charge in [0.2, 0.25) is 0 Å². The molecule has 2 nitrogen and oxygen atoms in total. The van der Waals surface area contributed by atoms with E-state index in [1.54, 1.807) is 0 Å². The molecule has 0 spiro atoms. The van der Waals surface area contributed by atoms with Gasteiger partial charge in [0.1, 0.15) is 11.3 Å². The van der Waals surface area contributed by atoms with Crippen molar-refractivity contribution < 1.29 is 9.21 Å². The van der Waals surface area contributed by atoms with Gasteiger partial charge in [0.05, 0.1) is 0 Å². The minimum Gasteiger partial charge on any atom is -0.461 e. The van der Waals surface area contributed by atoms with E-state index in [4.69, 9.17) is 4.42 Å². The fraction of sp³-hybridized carbons (Fsp3) is 0.308.